The standard InChI is InChI=1S/C10H23P.Y/c1-5-8-11(4,9-6-2)10-7-3;/h4-10H2,1-3H3;. The van der Waals surface area contributed by atoms with Crippen LogP contribution < -0.4 is 0 Å². The summed E-state index contributed by atoms with van der Waals surface area (Å²) >= 11 is 0. The van der Waals surface area contributed by atoms with Gasteiger partial charge in [-0.25, -0.2) is 0 Å². The first-order chi connectivity index (χ1) is 5.18. The Kier molecular flexibility index (Phi) is 12.1. The molecule has 0 atom stereocenters. The van der Waals surface area contributed by atoms with Crippen LogP contribution in [0.4, 0.5) is 0 Å². The molecular weight excluding hydrogens is 240 g/mol. The third-order valence-corrected chi connectivity index (χ3v) is 6.28. The summed E-state index contributed by atoms with van der Waals surface area (Å²) in [7, 11) is -0.719. The second-order valence-electron chi connectivity index (χ2n) is 3.51. The Hall–Kier alpha value is 1.53. The molecule has 0 saturated carbocycles. The van der Waals surface area contributed by atoms with Gasteiger partial charge in [0.15, 0.2) is 0 Å². The summed E-state index contributed by atoms with van der Waals surface area (Å²) in [5.74, 6) is 0. The van der Waals surface area contributed by atoms with E-state index >= 15 is 0 Å². The molecule has 0 fully saturated rings. The van der Waals surface area contributed by atoms with Crippen molar-refractivity contribution >= 4 is 7.26 Å². The molecule has 0 spiro atoms. The Morgan fingerprint density at radius 3 is 1.25 bits per heavy atom. The van der Waals surface area contributed by atoms with Crippen molar-refractivity contribution in [2.75, 3.05) is 18.5 Å². The largest absolute Gasteiger partial charge is 0.180 e. The monoisotopic (exact) mass is 263 g/mol. The zero-order chi connectivity index (χ0) is 8.74. The molecule has 0 unspecified atom stereocenters. The normalized spacial score (nSPS) is 11.0. The second kappa shape index (κ2) is 9.10. The maximum Gasteiger partial charge on any atom is 0.0324 e. The summed E-state index contributed by atoms with van der Waals surface area (Å²) in [6.07, 6.45) is 8.23. The number of hydrogen-bond acceptors (Lipinski definition) is 0. The van der Waals surface area contributed by atoms with E-state index in [0.717, 1.165) is 0 Å². The van der Waals surface area contributed by atoms with Crippen molar-refractivity contribution in [1.82, 2.24) is 0 Å². The third-order valence-electron chi connectivity index (χ3n) is 2.09. The first-order valence-corrected chi connectivity index (χ1v) is 7.42. The molecule has 0 aliphatic rings. The molecule has 71 valence electrons. The van der Waals surface area contributed by atoms with Gasteiger partial charge < -0.3 is 0 Å². The van der Waals surface area contributed by atoms with E-state index in [0.29, 0.717) is 0 Å². The summed E-state index contributed by atoms with van der Waals surface area (Å²) in [5.41, 5.74) is 0. The summed E-state index contributed by atoms with van der Waals surface area (Å²) in [6, 6.07) is 0. The van der Waals surface area contributed by atoms with Crippen LogP contribution in [0.3, 0.4) is 0 Å². The Labute approximate surface area is 104 Å². The topological polar surface area (TPSA) is 0 Å². The van der Waals surface area contributed by atoms with Gasteiger partial charge in [0.25, 0.3) is 0 Å². The van der Waals surface area contributed by atoms with Gasteiger partial charge in [-0.15, -0.1) is 7.26 Å². The quantitative estimate of drug-likeness (QED) is 0.501. The minimum atomic E-state index is -0.719. The average Bonchev–Trinajstić information content (AvgIpc) is 1.88. The van der Waals surface area contributed by atoms with E-state index in [4.69, 9.17) is 0 Å². The molecule has 2 heteroatoms. The summed E-state index contributed by atoms with van der Waals surface area (Å²) in [4.78, 5) is 0. The minimum absolute atomic E-state index is 0. The van der Waals surface area contributed by atoms with Gasteiger partial charge in [-0.05, 0) is 19.3 Å². The molecule has 0 aliphatic carbocycles. The summed E-state index contributed by atoms with van der Waals surface area (Å²) < 4.78 is 0. The van der Waals surface area contributed by atoms with Crippen LogP contribution in [0.5, 0.6) is 0 Å². The smallest absolute Gasteiger partial charge is 0.0324 e. The fraction of sp³-hybridized carbons (Fsp3) is 0.900. The van der Waals surface area contributed by atoms with E-state index in [2.05, 4.69) is 27.4 Å². The molecule has 0 aliphatic heterocycles. The van der Waals surface area contributed by atoms with Crippen LogP contribution in [0.25, 0.3) is 0 Å². The maximum atomic E-state index is 4.45. The fourth-order valence-corrected chi connectivity index (χ4v) is 5.28. The zero-order valence-corrected chi connectivity index (χ0v) is 12.7. The molecule has 1 radical (unpaired) electrons. The predicted molar refractivity (Wildman–Crippen MR) is 57.8 cm³/mol. The average molecular weight is 263 g/mol. The fourth-order valence-electron chi connectivity index (χ4n) is 1.76. The second-order valence-corrected chi connectivity index (χ2v) is 7.54. The zero-order valence-electron chi connectivity index (χ0n) is 8.97. The number of rotatable bonds is 6. The molecule has 0 rings (SSSR count). The van der Waals surface area contributed by atoms with Crippen LogP contribution in [0, 0.1) is 6.66 Å². The molecular formula is C10H23PY. The Morgan fingerprint density at radius 2 is 1.08 bits per heavy atom. The van der Waals surface area contributed by atoms with E-state index in [1.54, 1.807) is 0 Å². The van der Waals surface area contributed by atoms with Gasteiger partial charge in [-0.1, -0.05) is 20.8 Å². The molecule has 0 bridgehead atoms. The van der Waals surface area contributed by atoms with Gasteiger partial charge in [0.05, 0.1) is 0 Å². The molecule has 0 nitrogen and oxygen atoms in total. The van der Waals surface area contributed by atoms with Gasteiger partial charge in [0, 0.05) is 51.2 Å². The van der Waals surface area contributed by atoms with Crippen LogP contribution in [0.2, 0.25) is 0 Å². The van der Waals surface area contributed by atoms with Crippen LogP contribution in [0.15, 0.2) is 0 Å². The molecule has 0 N–H and O–H groups in total. The van der Waals surface area contributed by atoms with E-state index in [1.165, 1.54) is 37.7 Å². The Morgan fingerprint density at radius 1 is 0.833 bits per heavy atom. The van der Waals surface area contributed by atoms with Crippen molar-refractivity contribution in [3.8, 4) is 0 Å². The molecule has 12 heavy (non-hydrogen) atoms. The van der Waals surface area contributed by atoms with Crippen molar-refractivity contribution in [1.29, 1.82) is 0 Å². The van der Waals surface area contributed by atoms with Crippen LogP contribution in [0.1, 0.15) is 40.0 Å². The van der Waals surface area contributed by atoms with Crippen LogP contribution >= 0.6 is 7.26 Å². The van der Waals surface area contributed by atoms with Gasteiger partial charge >= 0.3 is 0 Å². The molecule has 0 heterocycles. The van der Waals surface area contributed by atoms with Gasteiger partial charge in [0.2, 0.25) is 0 Å². The van der Waals surface area contributed by atoms with Crippen LogP contribution in [-0.4, -0.2) is 18.5 Å². The maximum absolute atomic E-state index is 4.45. The van der Waals surface area contributed by atoms with Gasteiger partial charge in [0.1, 0.15) is 0 Å². The van der Waals surface area contributed by atoms with Crippen LogP contribution in [-0.2, 0) is 32.7 Å². The molecule has 0 aromatic carbocycles. The van der Waals surface area contributed by atoms with Crippen molar-refractivity contribution < 1.29 is 32.7 Å². The van der Waals surface area contributed by atoms with Gasteiger partial charge in [-0.2, -0.15) is 6.66 Å². The van der Waals surface area contributed by atoms with Crippen molar-refractivity contribution in [3.63, 3.8) is 0 Å². The summed E-state index contributed by atoms with van der Waals surface area (Å²) in [5, 5.41) is 0. The first kappa shape index (κ1) is 16.0. The Bertz CT molecular complexity index is 76.8. The van der Waals surface area contributed by atoms with Gasteiger partial charge in [-0.3, -0.25) is 0 Å². The van der Waals surface area contributed by atoms with Crippen molar-refractivity contribution in [3.05, 3.63) is 6.66 Å². The molecule has 0 aromatic rings. The molecule has 0 aromatic heterocycles. The molecule has 0 amide bonds. The third kappa shape index (κ3) is 6.99. The van der Waals surface area contributed by atoms with Crippen molar-refractivity contribution in [2.45, 2.75) is 40.0 Å². The first-order valence-electron chi connectivity index (χ1n) is 4.89. The van der Waals surface area contributed by atoms with E-state index in [-0.39, 0.29) is 32.7 Å². The van der Waals surface area contributed by atoms with E-state index in [9.17, 15) is 0 Å². The SMILES string of the molecule is [CH2-][P+](CCC)(CCC)CCC.[Y]. The van der Waals surface area contributed by atoms with E-state index in [1.807, 2.05) is 0 Å². The molecule has 0 saturated heterocycles. The number of hydrogen-bond donors (Lipinski definition) is 0. The van der Waals surface area contributed by atoms with Crippen molar-refractivity contribution in [2.24, 2.45) is 0 Å². The van der Waals surface area contributed by atoms with E-state index < -0.39 is 7.26 Å². The predicted octanol–water partition coefficient (Wildman–Crippen LogP) is 4.02. The Balaban J connectivity index is 0. The summed E-state index contributed by atoms with van der Waals surface area (Å²) in [6.45, 7) is 11.3. The minimum Gasteiger partial charge on any atom is -0.180 e.